The summed E-state index contributed by atoms with van der Waals surface area (Å²) in [4.78, 5) is 32.9. The number of carbonyl (C=O) groups excluding carboxylic acids is 2. The van der Waals surface area contributed by atoms with E-state index < -0.39 is 12.1 Å². The average Bonchev–Trinajstić information content (AvgIpc) is 2.45. The van der Waals surface area contributed by atoms with E-state index in [9.17, 15) is 14.4 Å². The number of hydrogen-bond acceptors (Lipinski definition) is 4. The van der Waals surface area contributed by atoms with Crippen molar-refractivity contribution in [3.05, 3.63) is 24.3 Å². The number of unbranched alkanes of at least 4 members (excludes halogenated alkanes) is 1. The van der Waals surface area contributed by atoms with Crippen LogP contribution in [0.5, 0.6) is 0 Å². The molecule has 2 amide bonds. The second-order valence-electron chi connectivity index (χ2n) is 4.34. The molecule has 0 aliphatic carbocycles. The van der Waals surface area contributed by atoms with Crippen LogP contribution in [0, 0.1) is 0 Å². The summed E-state index contributed by atoms with van der Waals surface area (Å²) >= 11 is 0. The van der Waals surface area contributed by atoms with Crippen LogP contribution in [0.3, 0.4) is 0 Å². The van der Waals surface area contributed by atoms with Crippen LogP contribution in [0.4, 0.5) is 16.2 Å². The molecule has 0 fully saturated rings. The predicted octanol–water partition coefficient (Wildman–Crippen LogP) is 2.45. The minimum absolute atomic E-state index is 0.0706. The van der Waals surface area contributed by atoms with Crippen molar-refractivity contribution in [1.29, 1.82) is 0 Å². The SMILES string of the molecule is COC(=O)Nc1ccc(NC(=O)CCCCC(=O)O)cc1. The number of methoxy groups -OCH3 is 1. The number of carboxylic acid groups (broad SMARTS) is 1. The number of carboxylic acids is 1. The number of anilines is 2. The zero-order valence-corrected chi connectivity index (χ0v) is 11.7. The predicted molar refractivity (Wildman–Crippen MR) is 77.2 cm³/mol. The summed E-state index contributed by atoms with van der Waals surface area (Å²) in [6, 6.07) is 6.58. The second kappa shape index (κ2) is 8.57. The molecule has 0 heterocycles. The molecule has 21 heavy (non-hydrogen) atoms. The fraction of sp³-hybridized carbons (Fsp3) is 0.357. The van der Waals surface area contributed by atoms with Gasteiger partial charge < -0.3 is 15.2 Å². The maximum absolute atomic E-state index is 11.6. The third-order valence-electron chi connectivity index (χ3n) is 2.64. The number of amides is 2. The number of hydrogen-bond donors (Lipinski definition) is 3. The number of ether oxygens (including phenoxy) is 1. The molecule has 0 saturated heterocycles. The van der Waals surface area contributed by atoms with Gasteiger partial charge in [0, 0.05) is 24.2 Å². The van der Waals surface area contributed by atoms with Crippen LogP contribution in [0.25, 0.3) is 0 Å². The van der Waals surface area contributed by atoms with Gasteiger partial charge in [0.2, 0.25) is 5.91 Å². The number of nitrogens with one attached hydrogen (secondary N) is 2. The van der Waals surface area contributed by atoms with Gasteiger partial charge in [-0.05, 0) is 37.1 Å². The highest BCUT2D eigenvalue weighted by molar-refractivity contribution is 5.91. The molecule has 0 bridgehead atoms. The molecule has 1 rings (SSSR count). The lowest BCUT2D eigenvalue weighted by Gasteiger charge is -2.07. The Bertz CT molecular complexity index is 499. The van der Waals surface area contributed by atoms with Crippen molar-refractivity contribution in [3.63, 3.8) is 0 Å². The van der Waals surface area contributed by atoms with Gasteiger partial charge in [0.1, 0.15) is 0 Å². The van der Waals surface area contributed by atoms with Crippen LogP contribution in [0.15, 0.2) is 24.3 Å². The molecule has 0 aliphatic rings. The van der Waals surface area contributed by atoms with Gasteiger partial charge in [-0.1, -0.05) is 0 Å². The number of carbonyl (C=O) groups is 3. The molecule has 3 N–H and O–H groups in total. The molecule has 1 aromatic rings. The fourth-order valence-electron chi connectivity index (χ4n) is 1.59. The minimum Gasteiger partial charge on any atom is -0.481 e. The van der Waals surface area contributed by atoms with Gasteiger partial charge in [-0.2, -0.15) is 0 Å². The molecule has 0 atom stereocenters. The van der Waals surface area contributed by atoms with Crippen LogP contribution in [0.1, 0.15) is 25.7 Å². The summed E-state index contributed by atoms with van der Waals surface area (Å²) in [6.07, 6.45) is 0.784. The Morgan fingerprint density at radius 3 is 2.05 bits per heavy atom. The van der Waals surface area contributed by atoms with E-state index in [0.29, 0.717) is 24.2 Å². The van der Waals surface area contributed by atoms with Crippen molar-refractivity contribution >= 4 is 29.3 Å². The lowest BCUT2D eigenvalue weighted by atomic mass is 10.2. The van der Waals surface area contributed by atoms with Crippen LogP contribution in [0.2, 0.25) is 0 Å². The Balaban J connectivity index is 2.35. The topological polar surface area (TPSA) is 105 Å². The molecule has 114 valence electrons. The Morgan fingerprint density at radius 2 is 1.52 bits per heavy atom. The molecule has 7 nitrogen and oxygen atoms in total. The van der Waals surface area contributed by atoms with Crippen molar-refractivity contribution in [2.45, 2.75) is 25.7 Å². The van der Waals surface area contributed by atoms with Crippen molar-refractivity contribution < 1.29 is 24.2 Å². The maximum atomic E-state index is 11.6. The van der Waals surface area contributed by atoms with Gasteiger partial charge in [0.25, 0.3) is 0 Å². The Labute approximate surface area is 122 Å². The highest BCUT2D eigenvalue weighted by atomic mass is 16.5. The molecular formula is C14H18N2O5. The number of rotatable bonds is 7. The first-order valence-electron chi connectivity index (χ1n) is 6.48. The maximum Gasteiger partial charge on any atom is 0.411 e. The van der Waals surface area contributed by atoms with Gasteiger partial charge in [0.15, 0.2) is 0 Å². The summed E-state index contributed by atoms with van der Waals surface area (Å²) in [6.45, 7) is 0. The first-order valence-corrected chi connectivity index (χ1v) is 6.48. The van der Waals surface area contributed by atoms with E-state index in [1.807, 2.05) is 0 Å². The largest absolute Gasteiger partial charge is 0.481 e. The van der Waals surface area contributed by atoms with E-state index in [2.05, 4.69) is 15.4 Å². The lowest BCUT2D eigenvalue weighted by Crippen LogP contribution is -2.12. The molecule has 0 aliphatic heterocycles. The Hall–Kier alpha value is -2.57. The third kappa shape index (κ3) is 6.95. The Morgan fingerprint density at radius 1 is 1.00 bits per heavy atom. The van der Waals surface area contributed by atoms with E-state index >= 15 is 0 Å². The number of aliphatic carboxylic acids is 1. The summed E-state index contributed by atoms with van der Waals surface area (Å²) in [7, 11) is 1.27. The second-order valence-corrected chi connectivity index (χ2v) is 4.34. The average molecular weight is 294 g/mol. The van der Waals surface area contributed by atoms with Gasteiger partial charge in [0.05, 0.1) is 7.11 Å². The van der Waals surface area contributed by atoms with Gasteiger partial charge in [-0.3, -0.25) is 14.9 Å². The van der Waals surface area contributed by atoms with E-state index in [1.165, 1.54) is 7.11 Å². The smallest absolute Gasteiger partial charge is 0.411 e. The molecule has 0 radical (unpaired) electrons. The summed E-state index contributed by atoms with van der Waals surface area (Å²) < 4.78 is 4.46. The molecule has 1 aromatic carbocycles. The molecule has 7 heteroatoms. The van der Waals surface area contributed by atoms with Crippen LogP contribution >= 0.6 is 0 Å². The standard InChI is InChI=1S/C14H18N2O5/c1-21-14(20)16-11-8-6-10(7-9-11)15-12(17)4-2-3-5-13(18)19/h6-9H,2-5H2,1H3,(H,15,17)(H,16,20)(H,18,19). The van der Waals surface area contributed by atoms with Crippen molar-refractivity contribution in [2.75, 3.05) is 17.7 Å². The molecule has 0 spiro atoms. The lowest BCUT2D eigenvalue weighted by molar-refractivity contribution is -0.137. The molecule has 0 aromatic heterocycles. The first-order chi connectivity index (χ1) is 10.0. The zero-order valence-electron chi connectivity index (χ0n) is 11.7. The third-order valence-corrected chi connectivity index (χ3v) is 2.64. The van der Waals surface area contributed by atoms with Gasteiger partial charge in [-0.15, -0.1) is 0 Å². The van der Waals surface area contributed by atoms with Crippen LogP contribution in [-0.4, -0.2) is 30.2 Å². The first kappa shape index (κ1) is 16.5. The Kier molecular flexibility index (Phi) is 6.73. The molecular weight excluding hydrogens is 276 g/mol. The fourth-order valence-corrected chi connectivity index (χ4v) is 1.59. The van der Waals surface area contributed by atoms with E-state index in [-0.39, 0.29) is 18.7 Å². The van der Waals surface area contributed by atoms with Crippen LogP contribution in [-0.2, 0) is 14.3 Å². The van der Waals surface area contributed by atoms with E-state index in [1.54, 1.807) is 24.3 Å². The zero-order chi connectivity index (χ0) is 15.7. The van der Waals surface area contributed by atoms with Crippen molar-refractivity contribution in [2.24, 2.45) is 0 Å². The number of benzene rings is 1. The molecule has 0 unspecified atom stereocenters. The summed E-state index contributed by atoms with van der Waals surface area (Å²) in [5.74, 6) is -1.03. The van der Waals surface area contributed by atoms with E-state index in [4.69, 9.17) is 5.11 Å². The highest BCUT2D eigenvalue weighted by Gasteiger charge is 2.05. The van der Waals surface area contributed by atoms with Gasteiger partial charge in [-0.25, -0.2) is 4.79 Å². The molecule has 0 saturated carbocycles. The minimum atomic E-state index is -0.857. The summed E-state index contributed by atoms with van der Waals surface area (Å²) in [5, 5.41) is 13.7. The quantitative estimate of drug-likeness (QED) is 0.670. The summed E-state index contributed by atoms with van der Waals surface area (Å²) in [5.41, 5.74) is 1.16. The van der Waals surface area contributed by atoms with Gasteiger partial charge >= 0.3 is 12.1 Å². The van der Waals surface area contributed by atoms with Crippen molar-refractivity contribution in [3.8, 4) is 0 Å². The highest BCUT2D eigenvalue weighted by Crippen LogP contribution is 2.14. The van der Waals surface area contributed by atoms with E-state index in [0.717, 1.165) is 0 Å². The van der Waals surface area contributed by atoms with Crippen LogP contribution < -0.4 is 10.6 Å². The monoisotopic (exact) mass is 294 g/mol. The normalized spacial score (nSPS) is 9.76. The van der Waals surface area contributed by atoms with Crippen molar-refractivity contribution in [1.82, 2.24) is 0 Å².